The van der Waals surface area contributed by atoms with Crippen molar-refractivity contribution in [3.63, 3.8) is 0 Å². The van der Waals surface area contributed by atoms with Crippen LogP contribution in [0.25, 0.3) is 5.52 Å². The molecular formula is C15H23N3. The first kappa shape index (κ1) is 13.1. The van der Waals surface area contributed by atoms with Crippen LogP contribution in [0.5, 0.6) is 0 Å². The van der Waals surface area contributed by atoms with Gasteiger partial charge in [0.1, 0.15) is 0 Å². The maximum atomic E-state index is 4.35. The molecular weight excluding hydrogens is 222 g/mol. The zero-order valence-corrected chi connectivity index (χ0v) is 11.6. The lowest BCUT2D eigenvalue weighted by molar-refractivity contribution is 0.412. The van der Waals surface area contributed by atoms with Gasteiger partial charge in [0.25, 0.3) is 0 Å². The first-order valence-electron chi connectivity index (χ1n) is 6.85. The molecule has 18 heavy (non-hydrogen) atoms. The van der Waals surface area contributed by atoms with Crippen LogP contribution in [0.2, 0.25) is 0 Å². The Morgan fingerprint density at radius 2 is 2.17 bits per heavy atom. The first-order valence-corrected chi connectivity index (χ1v) is 6.85. The van der Waals surface area contributed by atoms with Gasteiger partial charge >= 0.3 is 0 Å². The van der Waals surface area contributed by atoms with E-state index in [1.165, 1.54) is 23.9 Å². The second kappa shape index (κ2) is 6.01. The van der Waals surface area contributed by atoms with Gasteiger partial charge < -0.3 is 5.32 Å². The van der Waals surface area contributed by atoms with Crippen molar-refractivity contribution in [1.82, 2.24) is 14.9 Å². The summed E-state index contributed by atoms with van der Waals surface area (Å²) in [7, 11) is 0. The van der Waals surface area contributed by atoms with E-state index < -0.39 is 0 Å². The van der Waals surface area contributed by atoms with E-state index in [1.807, 2.05) is 23.0 Å². The van der Waals surface area contributed by atoms with Gasteiger partial charge in [0, 0.05) is 24.3 Å². The Balaban J connectivity index is 1.94. The molecule has 0 aromatic carbocycles. The van der Waals surface area contributed by atoms with Crippen LogP contribution in [0, 0.1) is 5.92 Å². The summed E-state index contributed by atoms with van der Waals surface area (Å²) in [6.07, 6.45) is 6.43. The summed E-state index contributed by atoms with van der Waals surface area (Å²) in [6.45, 7) is 7.72. The Hall–Kier alpha value is -1.35. The SMILES string of the molecule is CCC(C)CC(C)NCc1cnn2ccccc12. The summed E-state index contributed by atoms with van der Waals surface area (Å²) in [6, 6.07) is 6.73. The van der Waals surface area contributed by atoms with Crippen molar-refractivity contribution in [2.75, 3.05) is 0 Å². The molecule has 2 unspecified atom stereocenters. The second-order valence-electron chi connectivity index (χ2n) is 5.23. The third kappa shape index (κ3) is 3.10. The number of hydrogen-bond acceptors (Lipinski definition) is 2. The van der Waals surface area contributed by atoms with Gasteiger partial charge in [-0.25, -0.2) is 4.52 Å². The van der Waals surface area contributed by atoms with Gasteiger partial charge in [-0.1, -0.05) is 26.3 Å². The molecule has 3 nitrogen and oxygen atoms in total. The minimum Gasteiger partial charge on any atom is -0.310 e. The molecule has 0 aliphatic rings. The number of rotatable bonds is 6. The van der Waals surface area contributed by atoms with Gasteiger partial charge in [0.15, 0.2) is 0 Å². The van der Waals surface area contributed by atoms with E-state index in [9.17, 15) is 0 Å². The molecule has 2 atom stereocenters. The second-order valence-corrected chi connectivity index (χ2v) is 5.23. The van der Waals surface area contributed by atoms with Crippen molar-refractivity contribution >= 4 is 5.52 Å². The van der Waals surface area contributed by atoms with Gasteiger partial charge in [0.05, 0.1) is 11.7 Å². The Morgan fingerprint density at radius 3 is 2.94 bits per heavy atom. The molecule has 0 saturated carbocycles. The summed E-state index contributed by atoms with van der Waals surface area (Å²) in [5.74, 6) is 0.788. The highest BCUT2D eigenvalue weighted by atomic mass is 15.2. The van der Waals surface area contributed by atoms with Gasteiger partial charge in [0.2, 0.25) is 0 Å². The third-order valence-corrected chi connectivity index (χ3v) is 3.60. The van der Waals surface area contributed by atoms with E-state index >= 15 is 0 Å². The summed E-state index contributed by atoms with van der Waals surface area (Å²) < 4.78 is 1.93. The third-order valence-electron chi connectivity index (χ3n) is 3.60. The summed E-state index contributed by atoms with van der Waals surface area (Å²) >= 11 is 0. The van der Waals surface area contributed by atoms with Gasteiger partial charge in [-0.3, -0.25) is 0 Å². The molecule has 0 spiro atoms. The molecule has 0 radical (unpaired) electrons. The van der Waals surface area contributed by atoms with Crippen molar-refractivity contribution in [3.8, 4) is 0 Å². The van der Waals surface area contributed by atoms with Crippen molar-refractivity contribution < 1.29 is 0 Å². The molecule has 0 saturated heterocycles. The average molecular weight is 245 g/mol. The topological polar surface area (TPSA) is 29.3 Å². The minimum absolute atomic E-state index is 0.554. The summed E-state index contributed by atoms with van der Waals surface area (Å²) in [5, 5.41) is 7.94. The maximum absolute atomic E-state index is 4.35. The normalized spacial score (nSPS) is 14.8. The molecule has 3 heteroatoms. The monoisotopic (exact) mass is 245 g/mol. The molecule has 98 valence electrons. The van der Waals surface area contributed by atoms with E-state index in [2.05, 4.69) is 43.3 Å². The Kier molecular flexibility index (Phi) is 4.37. The Bertz CT molecular complexity index is 489. The van der Waals surface area contributed by atoms with E-state index in [0.29, 0.717) is 6.04 Å². The molecule has 0 aliphatic heterocycles. The van der Waals surface area contributed by atoms with Crippen LogP contribution >= 0.6 is 0 Å². The first-order chi connectivity index (χ1) is 8.70. The van der Waals surface area contributed by atoms with Crippen molar-refractivity contribution in [2.45, 2.75) is 46.2 Å². The van der Waals surface area contributed by atoms with Crippen LogP contribution < -0.4 is 5.32 Å². The van der Waals surface area contributed by atoms with E-state index in [-0.39, 0.29) is 0 Å². The highest BCUT2D eigenvalue weighted by Crippen LogP contribution is 2.12. The zero-order valence-electron chi connectivity index (χ0n) is 11.6. The number of fused-ring (bicyclic) bond motifs is 1. The summed E-state index contributed by atoms with van der Waals surface area (Å²) in [5.41, 5.74) is 2.47. The number of pyridine rings is 1. The standard InChI is InChI=1S/C15H23N3/c1-4-12(2)9-13(3)16-10-14-11-17-18-8-6-5-7-15(14)18/h5-8,11-13,16H,4,9-10H2,1-3H3. The maximum Gasteiger partial charge on any atom is 0.0706 e. The fourth-order valence-electron chi connectivity index (χ4n) is 2.26. The van der Waals surface area contributed by atoms with Gasteiger partial charge in [-0.2, -0.15) is 5.10 Å². The molecule has 0 aliphatic carbocycles. The molecule has 2 rings (SSSR count). The molecule has 2 aromatic rings. The predicted octanol–water partition coefficient (Wildman–Crippen LogP) is 3.25. The van der Waals surface area contributed by atoms with Crippen LogP contribution in [0.15, 0.2) is 30.6 Å². The van der Waals surface area contributed by atoms with Crippen LogP contribution in [-0.2, 0) is 6.54 Å². The molecule has 2 aromatic heterocycles. The highest BCUT2D eigenvalue weighted by Gasteiger charge is 2.08. The van der Waals surface area contributed by atoms with Crippen LogP contribution in [0.4, 0.5) is 0 Å². The highest BCUT2D eigenvalue weighted by molar-refractivity contribution is 5.53. The van der Waals surface area contributed by atoms with Crippen LogP contribution in [0.3, 0.4) is 0 Å². The lowest BCUT2D eigenvalue weighted by Crippen LogP contribution is -2.27. The summed E-state index contributed by atoms with van der Waals surface area (Å²) in [4.78, 5) is 0. The van der Waals surface area contributed by atoms with E-state index in [0.717, 1.165) is 12.5 Å². The van der Waals surface area contributed by atoms with Gasteiger partial charge in [-0.15, -0.1) is 0 Å². The molecule has 1 N–H and O–H groups in total. The number of nitrogens with zero attached hydrogens (tertiary/aromatic N) is 2. The average Bonchev–Trinajstić information content (AvgIpc) is 2.79. The Morgan fingerprint density at radius 1 is 1.33 bits per heavy atom. The predicted molar refractivity (Wildman–Crippen MR) is 75.6 cm³/mol. The van der Waals surface area contributed by atoms with Crippen LogP contribution in [-0.4, -0.2) is 15.7 Å². The van der Waals surface area contributed by atoms with Crippen molar-refractivity contribution in [1.29, 1.82) is 0 Å². The Labute approximate surface area is 109 Å². The number of nitrogens with one attached hydrogen (secondary N) is 1. The molecule has 0 fully saturated rings. The quantitative estimate of drug-likeness (QED) is 0.846. The number of aromatic nitrogens is 2. The van der Waals surface area contributed by atoms with Crippen molar-refractivity contribution in [2.24, 2.45) is 5.92 Å². The molecule has 2 heterocycles. The van der Waals surface area contributed by atoms with Crippen molar-refractivity contribution in [3.05, 3.63) is 36.2 Å². The molecule has 0 bridgehead atoms. The van der Waals surface area contributed by atoms with Crippen LogP contribution in [0.1, 0.15) is 39.2 Å². The fraction of sp³-hybridized carbons (Fsp3) is 0.533. The van der Waals surface area contributed by atoms with E-state index in [4.69, 9.17) is 0 Å². The largest absolute Gasteiger partial charge is 0.310 e. The smallest absolute Gasteiger partial charge is 0.0706 e. The fourth-order valence-corrected chi connectivity index (χ4v) is 2.26. The van der Waals surface area contributed by atoms with E-state index in [1.54, 1.807) is 0 Å². The lowest BCUT2D eigenvalue weighted by Gasteiger charge is -2.17. The molecule has 0 amide bonds. The minimum atomic E-state index is 0.554. The number of hydrogen-bond donors (Lipinski definition) is 1. The lowest BCUT2D eigenvalue weighted by atomic mass is 10.0. The van der Waals surface area contributed by atoms with Gasteiger partial charge in [-0.05, 0) is 31.4 Å². The zero-order chi connectivity index (χ0) is 13.0.